The van der Waals surface area contributed by atoms with Crippen molar-refractivity contribution in [3.63, 3.8) is 0 Å². The largest absolute Gasteiger partial charge is 0.326 e. The molecule has 2 nitrogen and oxygen atoms in total. The maximum absolute atomic E-state index is 13.6. The van der Waals surface area contributed by atoms with E-state index in [1.54, 1.807) is 0 Å². The molecule has 0 atom stereocenters. The summed E-state index contributed by atoms with van der Waals surface area (Å²) in [6.07, 6.45) is 0. The van der Waals surface area contributed by atoms with E-state index in [2.05, 4.69) is 0 Å². The number of hydrogen-bond acceptors (Lipinski definition) is 2. The van der Waals surface area contributed by atoms with Gasteiger partial charge in [-0.15, -0.1) is 0 Å². The molecular weight excluding hydrogens is 258 g/mol. The van der Waals surface area contributed by atoms with Gasteiger partial charge in [-0.3, -0.25) is 4.90 Å². The van der Waals surface area contributed by atoms with Crippen LogP contribution >= 0.6 is 0 Å². The van der Waals surface area contributed by atoms with Crippen molar-refractivity contribution < 1.29 is 8.78 Å². The van der Waals surface area contributed by atoms with Crippen molar-refractivity contribution in [2.24, 2.45) is 5.73 Å². The van der Waals surface area contributed by atoms with Crippen molar-refractivity contribution in [2.75, 3.05) is 7.05 Å². The van der Waals surface area contributed by atoms with Crippen LogP contribution < -0.4 is 5.73 Å². The van der Waals surface area contributed by atoms with Gasteiger partial charge in [-0.25, -0.2) is 8.78 Å². The summed E-state index contributed by atoms with van der Waals surface area (Å²) >= 11 is 0. The van der Waals surface area contributed by atoms with Crippen molar-refractivity contribution in [1.29, 1.82) is 0 Å². The fraction of sp³-hybridized carbons (Fsp3) is 0.250. The normalized spacial score (nSPS) is 11.1. The van der Waals surface area contributed by atoms with Gasteiger partial charge in [0.05, 0.1) is 0 Å². The Kier molecular flexibility index (Phi) is 4.82. The van der Waals surface area contributed by atoms with Crippen LogP contribution in [0.25, 0.3) is 0 Å². The molecule has 0 aliphatic heterocycles. The summed E-state index contributed by atoms with van der Waals surface area (Å²) in [7, 11) is 1.87. The zero-order chi connectivity index (χ0) is 14.5. The molecule has 0 fully saturated rings. The van der Waals surface area contributed by atoms with E-state index in [9.17, 15) is 8.78 Å². The van der Waals surface area contributed by atoms with Crippen LogP contribution in [0.2, 0.25) is 0 Å². The number of halogens is 2. The quantitative estimate of drug-likeness (QED) is 0.909. The molecule has 0 aliphatic carbocycles. The minimum absolute atomic E-state index is 0.350. The van der Waals surface area contributed by atoms with E-state index in [4.69, 9.17) is 5.73 Å². The highest BCUT2D eigenvalue weighted by Crippen LogP contribution is 2.15. The number of nitrogens with zero attached hydrogens (tertiary/aromatic N) is 1. The third-order valence-electron chi connectivity index (χ3n) is 3.23. The highest BCUT2D eigenvalue weighted by atomic mass is 19.1. The molecule has 0 aliphatic rings. The summed E-state index contributed by atoms with van der Waals surface area (Å²) in [5.41, 5.74) is 8.23. The average Bonchev–Trinajstić information content (AvgIpc) is 2.43. The van der Waals surface area contributed by atoms with E-state index in [0.717, 1.165) is 23.3 Å². The fourth-order valence-electron chi connectivity index (χ4n) is 2.21. The average molecular weight is 276 g/mol. The second kappa shape index (κ2) is 6.59. The second-order valence-corrected chi connectivity index (χ2v) is 4.88. The topological polar surface area (TPSA) is 29.3 Å². The van der Waals surface area contributed by atoms with Gasteiger partial charge in [-0.05, 0) is 36.4 Å². The third kappa shape index (κ3) is 3.62. The van der Waals surface area contributed by atoms with Crippen LogP contribution in [-0.2, 0) is 19.6 Å². The summed E-state index contributed by atoms with van der Waals surface area (Å²) in [6.45, 7) is 1.46. The lowest BCUT2D eigenvalue weighted by Crippen LogP contribution is -2.19. The second-order valence-electron chi connectivity index (χ2n) is 4.88. The SMILES string of the molecule is CN(Cc1cc(F)ccc1F)Cc1ccccc1CN. The Balaban J connectivity index is 2.09. The third-order valence-corrected chi connectivity index (χ3v) is 3.23. The highest BCUT2D eigenvalue weighted by Gasteiger charge is 2.09. The number of benzene rings is 2. The van der Waals surface area contributed by atoms with Crippen molar-refractivity contribution >= 4 is 0 Å². The van der Waals surface area contributed by atoms with Gasteiger partial charge in [0, 0.05) is 25.2 Å². The molecule has 0 saturated carbocycles. The van der Waals surface area contributed by atoms with Crippen LogP contribution in [0, 0.1) is 11.6 Å². The van der Waals surface area contributed by atoms with Gasteiger partial charge in [0.2, 0.25) is 0 Å². The van der Waals surface area contributed by atoms with Gasteiger partial charge in [0.25, 0.3) is 0 Å². The summed E-state index contributed by atoms with van der Waals surface area (Å²) < 4.78 is 26.7. The van der Waals surface area contributed by atoms with Crippen molar-refractivity contribution in [3.05, 3.63) is 70.8 Å². The van der Waals surface area contributed by atoms with Gasteiger partial charge >= 0.3 is 0 Å². The van der Waals surface area contributed by atoms with E-state index >= 15 is 0 Å². The van der Waals surface area contributed by atoms with Gasteiger partial charge in [-0.2, -0.15) is 0 Å². The molecule has 0 heterocycles. The van der Waals surface area contributed by atoms with Gasteiger partial charge in [-0.1, -0.05) is 24.3 Å². The van der Waals surface area contributed by atoms with Gasteiger partial charge in [0.15, 0.2) is 0 Å². The Labute approximate surface area is 117 Å². The molecule has 0 spiro atoms. The summed E-state index contributed by atoms with van der Waals surface area (Å²) in [4.78, 5) is 1.94. The molecular formula is C16H18F2N2. The lowest BCUT2D eigenvalue weighted by atomic mass is 10.1. The van der Waals surface area contributed by atoms with E-state index in [-0.39, 0.29) is 5.82 Å². The number of rotatable bonds is 5. The molecule has 106 valence electrons. The van der Waals surface area contributed by atoms with Crippen LogP contribution in [0.3, 0.4) is 0 Å². The van der Waals surface area contributed by atoms with E-state index in [1.165, 1.54) is 6.07 Å². The standard InChI is InChI=1S/C16H18F2N2/c1-20(10-13-5-3-2-4-12(13)9-19)11-14-8-15(17)6-7-16(14)18/h2-8H,9-11,19H2,1H3. The predicted octanol–water partition coefficient (Wildman–Crippen LogP) is 3.06. The molecule has 0 aromatic heterocycles. The van der Waals surface area contributed by atoms with Crippen molar-refractivity contribution in [1.82, 2.24) is 4.90 Å². The Morgan fingerprint density at radius 1 is 0.950 bits per heavy atom. The monoisotopic (exact) mass is 276 g/mol. The first-order chi connectivity index (χ1) is 9.60. The molecule has 2 aromatic rings. The predicted molar refractivity (Wildman–Crippen MR) is 75.9 cm³/mol. The minimum atomic E-state index is -0.419. The maximum atomic E-state index is 13.6. The minimum Gasteiger partial charge on any atom is -0.326 e. The molecule has 4 heteroatoms. The van der Waals surface area contributed by atoms with Gasteiger partial charge in [0.1, 0.15) is 11.6 Å². The van der Waals surface area contributed by atoms with E-state index < -0.39 is 5.82 Å². The molecule has 2 rings (SSSR count). The molecule has 0 saturated heterocycles. The summed E-state index contributed by atoms with van der Waals surface area (Å²) in [5, 5.41) is 0. The maximum Gasteiger partial charge on any atom is 0.127 e. The Morgan fingerprint density at radius 3 is 2.30 bits per heavy atom. The number of nitrogens with two attached hydrogens (primary N) is 1. The Bertz CT molecular complexity index is 584. The van der Waals surface area contributed by atoms with Crippen LogP contribution in [-0.4, -0.2) is 11.9 Å². The number of hydrogen-bond donors (Lipinski definition) is 1. The van der Waals surface area contributed by atoms with Crippen LogP contribution in [0.5, 0.6) is 0 Å². The van der Waals surface area contributed by atoms with Crippen LogP contribution in [0.4, 0.5) is 8.78 Å². The first kappa shape index (κ1) is 14.6. The van der Waals surface area contributed by atoms with Crippen molar-refractivity contribution in [3.8, 4) is 0 Å². The van der Waals surface area contributed by atoms with Crippen LogP contribution in [0.1, 0.15) is 16.7 Å². The molecule has 0 bridgehead atoms. The van der Waals surface area contributed by atoms with E-state index in [1.807, 2.05) is 36.2 Å². The first-order valence-electron chi connectivity index (χ1n) is 6.49. The summed E-state index contributed by atoms with van der Waals surface area (Å²) in [6, 6.07) is 11.4. The smallest absolute Gasteiger partial charge is 0.127 e. The highest BCUT2D eigenvalue weighted by molar-refractivity contribution is 5.27. The van der Waals surface area contributed by atoms with Crippen molar-refractivity contribution in [2.45, 2.75) is 19.6 Å². The fourth-order valence-corrected chi connectivity index (χ4v) is 2.21. The Hall–Kier alpha value is -1.78. The lowest BCUT2D eigenvalue weighted by Gasteiger charge is -2.19. The van der Waals surface area contributed by atoms with Crippen LogP contribution in [0.15, 0.2) is 42.5 Å². The molecule has 20 heavy (non-hydrogen) atoms. The molecule has 2 aromatic carbocycles. The molecule has 0 unspecified atom stereocenters. The van der Waals surface area contributed by atoms with E-state index in [0.29, 0.717) is 25.2 Å². The lowest BCUT2D eigenvalue weighted by molar-refractivity contribution is 0.312. The van der Waals surface area contributed by atoms with Gasteiger partial charge < -0.3 is 5.73 Å². The molecule has 0 amide bonds. The molecule has 0 radical (unpaired) electrons. The molecule has 2 N–H and O–H groups in total. The summed E-state index contributed by atoms with van der Waals surface area (Å²) in [5.74, 6) is -0.803. The first-order valence-corrected chi connectivity index (χ1v) is 6.49. The zero-order valence-corrected chi connectivity index (χ0v) is 11.4. The zero-order valence-electron chi connectivity index (χ0n) is 11.4. The Morgan fingerprint density at radius 2 is 1.60 bits per heavy atom.